The zero-order valence-corrected chi connectivity index (χ0v) is 9.65. The van der Waals surface area contributed by atoms with Crippen LogP contribution in [0.15, 0.2) is 6.07 Å². The molecule has 1 unspecified atom stereocenters. The Labute approximate surface area is 94.1 Å². The maximum Gasteiger partial charge on any atom is 0.326 e. The Kier molecular flexibility index (Phi) is 3.71. The molecule has 0 bridgehead atoms. The summed E-state index contributed by atoms with van der Waals surface area (Å²) < 4.78 is 2.00. The average Bonchev–Trinajstić information content (AvgIpc) is 2.45. The topological polar surface area (TPSA) is 71.3 Å². The van der Waals surface area contributed by atoms with Crippen molar-refractivity contribution in [1.82, 2.24) is 9.88 Å². The normalized spacial score (nSPS) is 12.2. The molecule has 88 valence electrons. The lowest BCUT2D eigenvalue weighted by Gasteiger charge is -2.10. The summed E-state index contributed by atoms with van der Waals surface area (Å²) in [7, 11) is 1.93. The van der Waals surface area contributed by atoms with Gasteiger partial charge in [-0.25, -0.2) is 4.79 Å². The number of carboxylic acid groups (broad SMARTS) is 1. The molecule has 0 aliphatic carbocycles. The molecule has 0 saturated heterocycles. The number of aryl methyl sites for hydroxylation is 1. The van der Waals surface area contributed by atoms with E-state index in [4.69, 9.17) is 5.11 Å². The summed E-state index contributed by atoms with van der Waals surface area (Å²) in [5.74, 6) is -1.02. The summed E-state index contributed by atoms with van der Waals surface area (Å²) in [4.78, 5) is 21.2. The van der Waals surface area contributed by atoms with Gasteiger partial charge in [-0.05, 0) is 25.5 Å². The van der Waals surface area contributed by atoms with Gasteiger partial charge in [0.25, 0.3) is 0 Å². The fourth-order valence-corrected chi connectivity index (χ4v) is 1.66. The number of aromatic nitrogens is 1. The molecule has 0 spiro atoms. The molecule has 0 aromatic carbocycles. The summed E-state index contributed by atoms with van der Waals surface area (Å²) >= 11 is 0. The third-order valence-corrected chi connectivity index (χ3v) is 2.87. The highest BCUT2D eigenvalue weighted by Gasteiger charge is 2.19. The van der Waals surface area contributed by atoms with Gasteiger partial charge in [0.1, 0.15) is 6.04 Å². The predicted molar refractivity (Wildman–Crippen MR) is 59.2 cm³/mol. The highest BCUT2D eigenvalue weighted by Crippen LogP contribution is 2.15. The third kappa shape index (κ3) is 2.42. The van der Waals surface area contributed by atoms with Gasteiger partial charge in [0.15, 0.2) is 0 Å². The molecule has 1 heterocycles. The van der Waals surface area contributed by atoms with Crippen molar-refractivity contribution in [3.05, 3.63) is 23.0 Å². The minimum atomic E-state index is -1.02. The predicted octanol–water partition coefficient (Wildman–Crippen LogP) is 0.384. The van der Waals surface area contributed by atoms with E-state index in [1.807, 2.05) is 31.5 Å². The van der Waals surface area contributed by atoms with Crippen molar-refractivity contribution >= 4 is 12.4 Å². The van der Waals surface area contributed by atoms with Gasteiger partial charge in [0, 0.05) is 24.9 Å². The number of carbonyl (C=O) groups is 2. The minimum Gasteiger partial charge on any atom is -0.480 e. The van der Waals surface area contributed by atoms with Gasteiger partial charge in [0.05, 0.1) is 0 Å². The number of hydrogen-bond acceptors (Lipinski definition) is 2. The van der Waals surface area contributed by atoms with Crippen LogP contribution in [-0.2, 0) is 23.1 Å². The van der Waals surface area contributed by atoms with E-state index in [1.54, 1.807) is 0 Å². The molecule has 2 N–H and O–H groups in total. The summed E-state index contributed by atoms with van der Waals surface area (Å²) in [6.45, 7) is 3.89. The fraction of sp³-hybridized carbons (Fsp3) is 0.455. The molecule has 1 atom stereocenters. The van der Waals surface area contributed by atoms with Crippen molar-refractivity contribution in [2.24, 2.45) is 7.05 Å². The van der Waals surface area contributed by atoms with Gasteiger partial charge in [-0.1, -0.05) is 0 Å². The van der Waals surface area contributed by atoms with Crippen molar-refractivity contribution < 1.29 is 14.7 Å². The molecule has 1 aromatic heterocycles. The number of carbonyl (C=O) groups excluding carboxylic acids is 1. The van der Waals surface area contributed by atoms with Crippen LogP contribution in [0.25, 0.3) is 0 Å². The third-order valence-electron chi connectivity index (χ3n) is 2.87. The summed E-state index contributed by atoms with van der Waals surface area (Å²) in [6.07, 6.45) is 0.728. The molecular formula is C11H16N2O3. The average molecular weight is 224 g/mol. The van der Waals surface area contributed by atoms with Crippen LogP contribution in [0, 0.1) is 13.8 Å². The second kappa shape index (κ2) is 4.83. The molecular weight excluding hydrogens is 208 g/mol. The number of carboxylic acids is 1. The molecule has 1 aromatic rings. The molecule has 1 rings (SSSR count). The van der Waals surface area contributed by atoms with E-state index in [0.717, 1.165) is 17.0 Å². The molecule has 0 aliphatic heterocycles. The first-order valence-corrected chi connectivity index (χ1v) is 5.01. The van der Waals surface area contributed by atoms with Crippen molar-refractivity contribution in [3.63, 3.8) is 0 Å². The zero-order valence-electron chi connectivity index (χ0n) is 9.65. The van der Waals surface area contributed by atoms with Crippen LogP contribution >= 0.6 is 0 Å². The smallest absolute Gasteiger partial charge is 0.326 e. The van der Waals surface area contributed by atoms with Gasteiger partial charge in [-0.3, -0.25) is 4.79 Å². The maximum atomic E-state index is 10.9. The standard InChI is InChI=1S/C11H16N2O3/c1-7-4-9(8(2)13(7)3)5-10(11(15)16)12-6-14/h4,6,10H,5H2,1-3H3,(H,12,14)(H,15,16). The number of aliphatic carboxylic acids is 1. The molecule has 0 fully saturated rings. The van der Waals surface area contributed by atoms with E-state index < -0.39 is 12.0 Å². The van der Waals surface area contributed by atoms with Gasteiger partial charge in [0.2, 0.25) is 6.41 Å². The summed E-state index contributed by atoms with van der Waals surface area (Å²) in [5.41, 5.74) is 3.04. The first-order valence-electron chi connectivity index (χ1n) is 5.01. The SMILES string of the molecule is Cc1cc(CC(NC=O)C(=O)O)c(C)n1C. The Morgan fingerprint density at radius 1 is 1.62 bits per heavy atom. The lowest BCUT2D eigenvalue weighted by molar-refractivity contribution is -0.140. The first kappa shape index (κ1) is 12.3. The van der Waals surface area contributed by atoms with E-state index in [0.29, 0.717) is 12.8 Å². The van der Waals surface area contributed by atoms with E-state index in [9.17, 15) is 9.59 Å². The van der Waals surface area contributed by atoms with Crippen molar-refractivity contribution in [3.8, 4) is 0 Å². The first-order chi connectivity index (χ1) is 7.47. The van der Waals surface area contributed by atoms with E-state index in [-0.39, 0.29) is 0 Å². The number of nitrogens with one attached hydrogen (secondary N) is 1. The van der Waals surface area contributed by atoms with E-state index in [1.165, 1.54) is 0 Å². The van der Waals surface area contributed by atoms with Crippen molar-refractivity contribution in [1.29, 1.82) is 0 Å². The Hall–Kier alpha value is -1.78. The Balaban J connectivity index is 2.89. The Morgan fingerprint density at radius 2 is 2.25 bits per heavy atom. The monoisotopic (exact) mass is 224 g/mol. The maximum absolute atomic E-state index is 10.9. The molecule has 5 nitrogen and oxygen atoms in total. The van der Waals surface area contributed by atoms with Crippen LogP contribution in [0.3, 0.4) is 0 Å². The quantitative estimate of drug-likeness (QED) is 0.710. The Morgan fingerprint density at radius 3 is 2.62 bits per heavy atom. The van der Waals surface area contributed by atoms with Crippen LogP contribution in [0.5, 0.6) is 0 Å². The largest absolute Gasteiger partial charge is 0.480 e. The number of rotatable bonds is 5. The van der Waals surface area contributed by atoms with E-state index >= 15 is 0 Å². The molecule has 1 amide bonds. The molecule has 0 saturated carbocycles. The fourth-order valence-electron chi connectivity index (χ4n) is 1.66. The van der Waals surface area contributed by atoms with Gasteiger partial charge in [-0.2, -0.15) is 0 Å². The number of nitrogens with zero attached hydrogens (tertiary/aromatic N) is 1. The Bertz CT molecular complexity index is 410. The van der Waals surface area contributed by atoms with E-state index in [2.05, 4.69) is 5.32 Å². The summed E-state index contributed by atoms with van der Waals surface area (Å²) in [6, 6.07) is 1.08. The lowest BCUT2D eigenvalue weighted by Crippen LogP contribution is -2.37. The second-order valence-electron chi connectivity index (χ2n) is 3.83. The van der Waals surface area contributed by atoms with Crippen molar-refractivity contribution in [2.75, 3.05) is 0 Å². The molecule has 0 aliphatic rings. The zero-order chi connectivity index (χ0) is 12.3. The molecule has 16 heavy (non-hydrogen) atoms. The van der Waals surface area contributed by atoms with Crippen molar-refractivity contribution in [2.45, 2.75) is 26.3 Å². The summed E-state index contributed by atoms with van der Waals surface area (Å²) in [5, 5.41) is 11.2. The second-order valence-corrected chi connectivity index (χ2v) is 3.83. The number of amides is 1. The number of hydrogen-bond donors (Lipinski definition) is 2. The lowest BCUT2D eigenvalue weighted by atomic mass is 10.1. The molecule has 0 radical (unpaired) electrons. The van der Waals surface area contributed by atoms with Crippen LogP contribution in [-0.4, -0.2) is 28.1 Å². The van der Waals surface area contributed by atoms with Crippen LogP contribution in [0.1, 0.15) is 17.0 Å². The van der Waals surface area contributed by atoms with Gasteiger partial charge >= 0.3 is 5.97 Å². The highest BCUT2D eigenvalue weighted by atomic mass is 16.4. The van der Waals surface area contributed by atoms with Crippen LogP contribution < -0.4 is 5.32 Å². The van der Waals surface area contributed by atoms with Gasteiger partial charge in [-0.15, -0.1) is 0 Å². The van der Waals surface area contributed by atoms with Gasteiger partial charge < -0.3 is 15.0 Å². The van der Waals surface area contributed by atoms with Crippen LogP contribution in [0.4, 0.5) is 0 Å². The highest BCUT2D eigenvalue weighted by molar-refractivity contribution is 5.76. The van der Waals surface area contributed by atoms with Crippen LogP contribution in [0.2, 0.25) is 0 Å². The molecule has 5 heteroatoms. The minimum absolute atomic E-state index is 0.307.